The van der Waals surface area contributed by atoms with Gasteiger partial charge in [-0.25, -0.2) is 9.97 Å². The molecule has 2 aromatic heterocycles. The van der Waals surface area contributed by atoms with Crippen molar-refractivity contribution in [2.45, 2.75) is 25.9 Å². The van der Waals surface area contributed by atoms with Crippen molar-refractivity contribution in [2.75, 3.05) is 43.4 Å². The van der Waals surface area contributed by atoms with Gasteiger partial charge in [0.2, 0.25) is 11.9 Å². The van der Waals surface area contributed by atoms with E-state index in [1.54, 1.807) is 12.4 Å². The SMILES string of the molecule is Cc1cc(-c2cnc(N)nc2)cc([C@H]2CN(CC(=O)N3CCCc4ccccc43)CCO2)n1. The first-order valence-electron chi connectivity index (χ1n) is 11.4. The Morgan fingerprint density at radius 1 is 1.15 bits per heavy atom. The van der Waals surface area contributed by atoms with Crippen molar-refractivity contribution in [1.29, 1.82) is 0 Å². The molecule has 1 aromatic carbocycles. The maximum Gasteiger partial charge on any atom is 0.241 e. The number of carbonyl (C=O) groups is 1. The van der Waals surface area contributed by atoms with E-state index in [1.807, 2.05) is 42.2 Å². The second kappa shape index (κ2) is 9.25. The predicted molar refractivity (Wildman–Crippen MR) is 127 cm³/mol. The highest BCUT2D eigenvalue weighted by Crippen LogP contribution is 2.29. The largest absolute Gasteiger partial charge is 0.369 e. The minimum Gasteiger partial charge on any atom is -0.369 e. The normalized spacial score (nSPS) is 18.7. The van der Waals surface area contributed by atoms with Crippen LogP contribution in [0.25, 0.3) is 11.1 Å². The number of benzene rings is 1. The third-order valence-electron chi connectivity index (χ3n) is 6.23. The first-order chi connectivity index (χ1) is 16.1. The maximum atomic E-state index is 13.2. The molecule has 2 aliphatic heterocycles. The summed E-state index contributed by atoms with van der Waals surface area (Å²) in [6, 6.07) is 12.2. The second-order valence-corrected chi connectivity index (χ2v) is 8.62. The molecule has 2 N–H and O–H groups in total. The van der Waals surface area contributed by atoms with E-state index in [1.165, 1.54) is 5.56 Å². The molecular formula is C25H28N6O2. The summed E-state index contributed by atoms with van der Waals surface area (Å²) in [6.45, 7) is 5.01. The summed E-state index contributed by atoms with van der Waals surface area (Å²) >= 11 is 0. The van der Waals surface area contributed by atoms with Gasteiger partial charge in [-0.1, -0.05) is 18.2 Å². The van der Waals surface area contributed by atoms with Gasteiger partial charge in [0.1, 0.15) is 6.10 Å². The van der Waals surface area contributed by atoms with E-state index in [0.717, 1.165) is 54.1 Å². The molecule has 0 unspecified atom stereocenters. The molecule has 170 valence electrons. The number of aryl methyl sites for hydroxylation is 2. The Kier molecular flexibility index (Phi) is 6.02. The van der Waals surface area contributed by atoms with Gasteiger partial charge < -0.3 is 15.4 Å². The fraction of sp³-hybridized carbons (Fsp3) is 0.360. The molecule has 0 spiro atoms. The van der Waals surface area contributed by atoms with Crippen molar-refractivity contribution in [3.8, 4) is 11.1 Å². The molecule has 8 heteroatoms. The molecule has 0 bridgehead atoms. The Labute approximate surface area is 193 Å². The molecule has 2 aliphatic rings. The number of nitrogens with zero attached hydrogens (tertiary/aromatic N) is 5. The molecule has 0 aliphatic carbocycles. The zero-order chi connectivity index (χ0) is 22.8. The molecule has 1 amide bonds. The number of aromatic nitrogens is 3. The number of ether oxygens (including phenoxy) is 1. The number of hydrogen-bond acceptors (Lipinski definition) is 7. The van der Waals surface area contributed by atoms with Gasteiger partial charge in [-0.15, -0.1) is 0 Å². The number of pyridine rings is 1. The van der Waals surface area contributed by atoms with E-state index in [0.29, 0.717) is 19.7 Å². The van der Waals surface area contributed by atoms with Crippen LogP contribution in [0.2, 0.25) is 0 Å². The van der Waals surface area contributed by atoms with Crippen molar-refractivity contribution >= 4 is 17.5 Å². The number of carbonyl (C=O) groups excluding carboxylic acids is 1. The van der Waals surface area contributed by atoms with Crippen molar-refractivity contribution in [2.24, 2.45) is 0 Å². The maximum absolute atomic E-state index is 13.2. The Morgan fingerprint density at radius 2 is 1.97 bits per heavy atom. The Balaban J connectivity index is 1.30. The van der Waals surface area contributed by atoms with Crippen molar-refractivity contribution < 1.29 is 9.53 Å². The lowest BCUT2D eigenvalue weighted by atomic mass is 10.0. The zero-order valence-electron chi connectivity index (χ0n) is 18.8. The molecule has 4 heterocycles. The molecule has 1 atom stereocenters. The Bertz CT molecular complexity index is 1150. The number of nitrogens with two attached hydrogens (primary N) is 1. The van der Waals surface area contributed by atoms with E-state index in [-0.39, 0.29) is 18.0 Å². The van der Waals surface area contributed by atoms with Gasteiger partial charge in [-0.2, -0.15) is 0 Å². The lowest BCUT2D eigenvalue weighted by molar-refractivity contribution is -0.122. The minimum atomic E-state index is -0.200. The highest BCUT2D eigenvalue weighted by atomic mass is 16.5. The lowest BCUT2D eigenvalue weighted by Gasteiger charge is -2.35. The molecule has 0 radical (unpaired) electrons. The molecule has 1 saturated heterocycles. The molecule has 1 fully saturated rings. The van der Waals surface area contributed by atoms with Crippen LogP contribution in [0.3, 0.4) is 0 Å². The molecule has 8 nitrogen and oxygen atoms in total. The summed E-state index contributed by atoms with van der Waals surface area (Å²) in [5.74, 6) is 0.386. The van der Waals surface area contributed by atoms with Gasteiger partial charge in [0.05, 0.1) is 18.8 Å². The third-order valence-corrected chi connectivity index (χ3v) is 6.23. The van der Waals surface area contributed by atoms with E-state index >= 15 is 0 Å². The van der Waals surface area contributed by atoms with E-state index in [2.05, 4.69) is 20.9 Å². The predicted octanol–water partition coefficient (Wildman–Crippen LogP) is 2.78. The minimum absolute atomic E-state index is 0.139. The number of amides is 1. The smallest absolute Gasteiger partial charge is 0.241 e. The first kappa shape index (κ1) is 21.5. The summed E-state index contributed by atoms with van der Waals surface area (Å²) in [6.07, 6.45) is 5.25. The van der Waals surface area contributed by atoms with Gasteiger partial charge in [-0.05, 0) is 49.1 Å². The van der Waals surface area contributed by atoms with Crippen molar-refractivity contribution in [3.05, 3.63) is 65.7 Å². The standard InChI is InChI=1S/C25H28N6O2/c1-17-11-19(20-13-27-25(26)28-14-20)12-21(29-17)23-15-30(9-10-33-23)16-24(32)31-8-4-6-18-5-2-3-7-22(18)31/h2-3,5,7,11-14,23H,4,6,8-10,15-16H2,1H3,(H2,26,27,28)/t23-/m1/s1. The van der Waals surface area contributed by atoms with Crippen LogP contribution >= 0.6 is 0 Å². The fourth-order valence-corrected chi connectivity index (χ4v) is 4.61. The van der Waals surface area contributed by atoms with E-state index in [9.17, 15) is 4.79 Å². The van der Waals surface area contributed by atoms with Crippen LogP contribution in [0.15, 0.2) is 48.8 Å². The molecule has 5 rings (SSSR count). The summed E-state index contributed by atoms with van der Waals surface area (Å²) in [5, 5.41) is 0. The summed E-state index contributed by atoms with van der Waals surface area (Å²) in [5.41, 5.74) is 11.5. The summed E-state index contributed by atoms with van der Waals surface area (Å²) in [7, 11) is 0. The van der Waals surface area contributed by atoms with Crippen molar-refractivity contribution in [1.82, 2.24) is 19.9 Å². The van der Waals surface area contributed by atoms with Crippen LogP contribution in [0.5, 0.6) is 0 Å². The average molecular weight is 445 g/mol. The van der Waals surface area contributed by atoms with Gasteiger partial charge in [0.25, 0.3) is 0 Å². The number of rotatable bonds is 4. The van der Waals surface area contributed by atoms with Gasteiger partial charge in [0, 0.05) is 49.0 Å². The monoisotopic (exact) mass is 444 g/mol. The average Bonchev–Trinajstić information content (AvgIpc) is 2.84. The van der Waals surface area contributed by atoms with Crippen molar-refractivity contribution in [3.63, 3.8) is 0 Å². The number of anilines is 2. The van der Waals surface area contributed by atoms with E-state index < -0.39 is 0 Å². The third kappa shape index (κ3) is 4.72. The number of para-hydroxylation sites is 1. The van der Waals surface area contributed by atoms with E-state index in [4.69, 9.17) is 15.5 Å². The second-order valence-electron chi connectivity index (χ2n) is 8.62. The molecule has 3 aromatic rings. The Hall–Kier alpha value is -3.36. The lowest BCUT2D eigenvalue weighted by Crippen LogP contribution is -2.47. The van der Waals surface area contributed by atoms with Crippen LogP contribution in [0, 0.1) is 6.92 Å². The number of morpholine rings is 1. The van der Waals surface area contributed by atoms with Gasteiger partial charge >= 0.3 is 0 Å². The fourth-order valence-electron chi connectivity index (χ4n) is 4.61. The van der Waals surface area contributed by atoms with Gasteiger partial charge in [0.15, 0.2) is 0 Å². The topological polar surface area (TPSA) is 97.5 Å². The highest BCUT2D eigenvalue weighted by Gasteiger charge is 2.28. The number of nitrogen functional groups attached to an aromatic ring is 1. The molecular weight excluding hydrogens is 416 g/mol. The first-order valence-corrected chi connectivity index (χ1v) is 11.4. The quantitative estimate of drug-likeness (QED) is 0.661. The van der Waals surface area contributed by atoms with Gasteiger partial charge in [-0.3, -0.25) is 14.7 Å². The van der Waals surface area contributed by atoms with Crippen LogP contribution in [-0.2, 0) is 16.0 Å². The number of hydrogen-bond donors (Lipinski definition) is 1. The number of fused-ring (bicyclic) bond motifs is 1. The summed E-state index contributed by atoms with van der Waals surface area (Å²) in [4.78, 5) is 30.2. The van der Waals surface area contributed by atoms with Crippen LogP contribution < -0.4 is 10.6 Å². The Morgan fingerprint density at radius 3 is 2.82 bits per heavy atom. The van der Waals surface area contributed by atoms with Crippen LogP contribution in [-0.4, -0.2) is 58.5 Å². The highest BCUT2D eigenvalue weighted by molar-refractivity contribution is 5.96. The van der Waals surface area contributed by atoms with Crippen LogP contribution in [0.1, 0.15) is 29.5 Å². The molecule has 0 saturated carbocycles. The van der Waals surface area contributed by atoms with Crippen LogP contribution in [0.4, 0.5) is 11.6 Å². The molecule has 33 heavy (non-hydrogen) atoms. The zero-order valence-corrected chi connectivity index (χ0v) is 18.8. The summed E-state index contributed by atoms with van der Waals surface area (Å²) < 4.78 is 6.06.